The van der Waals surface area contributed by atoms with Gasteiger partial charge in [-0.1, -0.05) is 20.3 Å². The van der Waals surface area contributed by atoms with Crippen molar-refractivity contribution in [3.8, 4) is 0 Å². The third kappa shape index (κ3) is 3.49. The van der Waals surface area contributed by atoms with Gasteiger partial charge in [-0.25, -0.2) is 0 Å². The van der Waals surface area contributed by atoms with E-state index in [-0.39, 0.29) is 12.0 Å². The number of methoxy groups -OCH3 is 1. The minimum absolute atomic E-state index is 0.121. The SMILES string of the molecule is CCCC1(CNC(CC)C(=O)OC)CC1. The molecule has 0 aliphatic heterocycles. The van der Waals surface area contributed by atoms with E-state index < -0.39 is 0 Å². The predicted octanol–water partition coefficient (Wildman–Crippen LogP) is 2.11. The molecule has 3 heteroatoms. The van der Waals surface area contributed by atoms with Gasteiger partial charge < -0.3 is 10.1 Å². The van der Waals surface area contributed by atoms with E-state index in [9.17, 15) is 4.79 Å². The number of hydrogen-bond acceptors (Lipinski definition) is 3. The molecule has 3 nitrogen and oxygen atoms in total. The second-order valence-corrected chi connectivity index (χ2v) is 4.61. The van der Waals surface area contributed by atoms with Crippen LogP contribution in [0.25, 0.3) is 0 Å². The summed E-state index contributed by atoms with van der Waals surface area (Å²) in [7, 11) is 1.45. The van der Waals surface area contributed by atoms with Gasteiger partial charge >= 0.3 is 5.97 Å². The number of carbonyl (C=O) groups is 1. The van der Waals surface area contributed by atoms with E-state index in [2.05, 4.69) is 12.2 Å². The molecule has 1 unspecified atom stereocenters. The van der Waals surface area contributed by atoms with E-state index in [0.29, 0.717) is 5.41 Å². The quantitative estimate of drug-likeness (QED) is 0.658. The summed E-state index contributed by atoms with van der Waals surface area (Å²) >= 11 is 0. The Balaban J connectivity index is 2.31. The molecule has 0 radical (unpaired) electrons. The number of ether oxygens (including phenoxy) is 1. The molecule has 1 N–H and O–H groups in total. The van der Waals surface area contributed by atoms with E-state index in [0.717, 1.165) is 13.0 Å². The van der Waals surface area contributed by atoms with Gasteiger partial charge in [0.05, 0.1) is 7.11 Å². The molecule has 0 amide bonds. The predicted molar refractivity (Wildman–Crippen MR) is 60.7 cm³/mol. The van der Waals surface area contributed by atoms with Crippen LogP contribution in [0.2, 0.25) is 0 Å². The van der Waals surface area contributed by atoms with Gasteiger partial charge in [0.15, 0.2) is 0 Å². The summed E-state index contributed by atoms with van der Waals surface area (Å²) in [6, 6.07) is -0.121. The molecule has 0 aromatic heterocycles. The van der Waals surface area contributed by atoms with Gasteiger partial charge in [-0.05, 0) is 31.1 Å². The van der Waals surface area contributed by atoms with Crippen LogP contribution in [-0.2, 0) is 9.53 Å². The van der Waals surface area contributed by atoms with Crippen molar-refractivity contribution >= 4 is 5.97 Å². The average molecular weight is 213 g/mol. The summed E-state index contributed by atoms with van der Waals surface area (Å²) in [5.74, 6) is -0.134. The summed E-state index contributed by atoms with van der Waals surface area (Å²) in [5.41, 5.74) is 0.496. The maximum atomic E-state index is 11.4. The third-order valence-electron chi connectivity index (χ3n) is 3.35. The van der Waals surface area contributed by atoms with E-state index in [1.807, 2.05) is 6.92 Å². The molecule has 0 saturated heterocycles. The second kappa shape index (κ2) is 5.50. The molecule has 1 aliphatic carbocycles. The maximum Gasteiger partial charge on any atom is 0.322 e. The average Bonchev–Trinajstić information content (AvgIpc) is 2.99. The van der Waals surface area contributed by atoms with Crippen LogP contribution in [0, 0.1) is 5.41 Å². The number of nitrogens with one attached hydrogen (secondary N) is 1. The second-order valence-electron chi connectivity index (χ2n) is 4.61. The molecule has 1 atom stereocenters. The zero-order valence-corrected chi connectivity index (χ0v) is 10.1. The Morgan fingerprint density at radius 1 is 1.47 bits per heavy atom. The number of carbonyl (C=O) groups excluding carboxylic acids is 1. The van der Waals surface area contributed by atoms with Crippen molar-refractivity contribution in [1.29, 1.82) is 0 Å². The number of rotatable bonds is 7. The van der Waals surface area contributed by atoms with Crippen LogP contribution in [0.5, 0.6) is 0 Å². The van der Waals surface area contributed by atoms with Gasteiger partial charge in [0.2, 0.25) is 0 Å². The highest BCUT2D eigenvalue weighted by Crippen LogP contribution is 2.48. The summed E-state index contributed by atoms with van der Waals surface area (Å²) < 4.78 is 4.75. The zero-order valence-electron chi connectivity index (χ0n) is 10.1. The molecule has 0 aromatic carbocycles. The minimum Gasteiger partial charge on any atom is -0.468 e. The van der Waals surface area contributed by atoms with Crippen LogP contribution in [0.3, 0.4) is 0 Å². The topological polar surface area (TPSA) is 38.3 Å². The van der Waals surface area contributed by atoms with Gasteiger partial charge in [-0.2, -0.15) is 0 Å². The summed E-state index contributed by atoms with van der Waals surface area (Å²) in [6.45, 7) is 5.19. The van der Waals surface area contributed by atoms with Crippen LogP contribution in [0.15, 0.2) is 0 Å². The van der Waals surface area contributed by atoms with Gasteiger partial charge in [0.1, 0.15) is 6.04 Å². The van der Waals surface area contributed by atoms with E-state index >= 15 is 0 Å². The highest BCUT2D eigenvalue weighted by Gasteiger charge is 2.41. The lowest BCUT2D eigenvalue weighted by molar-refractivity contribution is -0.143. The largest absolute Gasteiger partial charge is 0.468 e. The Morgan fingerprint density at radius 3 is 2.53 bits per heavy atom. The zero-order chi connectivity index (χ0) is 11.3. The molecule has 88 valence electrons. The van der Waals surface area contributed by atoms with Crippen molar-refractivity contribution in [2.24, 2.45) is 5.41 Å². The molecule has 1 aliphatic rings. The molecule has 0 heterocycles. The Bertz CT molecular complexity index is 212. The first-order valence-electron chi connectivity index (χ1n) is 5.98. The standard InChI is InChI=1S/C12H23NO2/c1-4-6-12(7-8-12)9-13-10(5-2)11(14)15-3/h10,13H,4-9H2,1-3H3. The monoisotopic (exact) mass is 213 g/mol. The Kier molecular flexibility index (Phi) is 4.58. The Morgan fingerprint density at radius 2 is 2.13 bits per heavy atom. The Labute approximate surface area is 92.6 Å². The fourth-order valence-corrected chi connectivity index (χ4v) is 2.10. The van der Waals surface area contributed by atoms with Crippen LogP contribution < -0.4 is 5.32 Å². The van der Waals surface area contributed by atoms with Crippen molar-refractivity contribution in [2.45, 2.75) is 52.0 Å². The molecule has 15 heavy (non-hydrogen) atoms. The lowest BCUT2D eigenvalue weighted by Gasteiger charge is -2.19. The van der Waals surface area contributed by atoms with Crippen molar-refractivity contribution < 1.29 is 9.53 Å². The molecule has 1 fully saturated rings. The first-order valence-corrected chi connectivity index (χ1v) is 5.98. The number of hydrogen-bond donors (Lipinski definition) is 1. The van der Waals surface area contributed by atoms with Crippen LogP contribution in [0.1, 0.15) is 46.0 Å². The van der Waals surface area contributed by atoms with Crippen molar-refractivity contribution in [3.63, 3.8) is 0 Å². The molecule has 1 rings (SSSR count). The molecular formula is C12H23NO2. The van der Waals surface area contributed by atoms with Gasteiger partial charge in [-0.3, -0.25) is 4.79 Å². The lowest BCUT2D eigenvalue weighted by Crippen LogP contribution is -2.40. The molecule has 0 spiro atoms. The molecule has 0 aromatic rings. The van der Waals surface area contributed by atoms with Gasteiger partial charge in [0, 0.05) is 6.54 Å². The number of esters is 1. The van der Waals surface area contributed by atoms with E-state index in [1.165, 1.54) is 32.8 Å². The highest BCUT2D eigenvalue weighted by molar-refractivity contribution is 5.75. The highest BCUT2D eigenvalue weighted by atomic mass is 16.5. The van der Waals surface area contributed by atoms with Crippen LogP contribution in [-0.4, -0.2) is 25.7 Å². The molecular weight excluding hydrogens is 190 g/mol. The minimum atomic E-state index is -0.134. The van der Waals surface area contributed by atoms with Crippen molar-refractivity contribution in [2.75, 3.05) is 13.7 Å². The fourth-order valence-electron chi connectivity index (χ4n) is 2.10. The summed E-state index contributed by atoms with van der Waals surface area (Å²) in [5, 5.41) is 3.33. The summed E-state index contributed by atoms with van der Waals surface area (Å²) in [4.78, 5) is 11.4. The summed E-state index contributed by atoms with van der Waals surface area (Å²) in [6.07, 6.45) is 5.93. The van der Waals surface area contributed by atoms with Crippen molar-refractivity contribution in [1.82, 2.24) is 5.32 Å². The van der Waals surface area contributed by atoms with Gasteiger partial charge in [0.25, 0.3) is 0 Å². The van der Waals surface area contributed by atoms with Gasteiger partial charge in [-0.15, -0.1) is 0 Å². The van der Waals surface area contributed by atoms with Crippen LogP contribution >= 0.6 is 0 Å². The normalized spacial score (nSPS) is 19.7. The maximum absolute atomic E-state index is 11.4. The third-order valence-corrected chi connectivity index (χ3v) is 3.35. The first kappa shape index (κ1) is 12.5. The smallest absolute Gasteiger partial charge is 0.322 e. The van der Waals surface area contributed by atoms with E-state index in [4.69, 9.17) is 4.74 Å². The van der Waals surface area contributed by atoms with Crippen LogP contribution in [0.4, 0.5) is 0 Å². The van der Waals surface area contributed by atoms with E-state index in [1.54, 1.807) is 0 Å². The Hall–Kier alpha value is -0.570. The molecule has 1 saturated carbocycles. The first-order chi connectivity index (χ1) is 7.17. The lowest BCUT2D eigenvalue weighted by atomic mass is 10.0. The van der Waals surface area contributed by atoms with Crippen molar-refractivity contribution in [3.05, 3.63) is 0 Å². The molecule has 0 bridgehead atoms. The fraction of sp³-hybridized carbons (Fsp3) is 0.917.